The molecule has 2 nitrogen and oxygen atoms in total. The Morgan fingerprint density at radius 1 is 0.542 bits per heavy atom. The third-order valence-electron chi connectivity index (χ3n) is 15.7. The van der Waals surface area contributed by atoms with Gasteiger partial charge in [-0.25, -0.2) is 0 Å². The Morgan fingerprint density at radius 3 is 1.92 bits per heavy atom. The summed E-state index contributed by atoms with van der Waals surface area (Å²) in [6, 6.07) is 72.0. The highest BCUT2D eigenvalue weighted by Crippen LogP contribution is 2.54. The number of para-hydroxylation sites is 1. The van der Waals surface area contributed by atoms with Crippen molar-refractivity contribution in [2.24, 2.45) is 0 Å². The van der Waals surface area contributed by atoms with Crippen molar-refractivity contribution in [3.63, 3.8) is 0 Å². The lowest BCUT2D eigenvalue weighted by molar-refractivity contribution is 0.576. The molecule has 3 aliphatic rings. The minimum atomic E-state index is -0.0952. The van der Waals surface area contributed by atoms with Crippen molar-refractivity contribution in [3.05, 3.63) is 244 Å². The average molecular weight is 926 g/mol. The van der Waals surface area contributed by atoms with E-state index in [0.29, 0.717) is 6.42 Å². The highest BCUT2D eigenvalue weighted by Gasteiger charge is 2.40. The van der Waals surface area contributed by atoms with Crippen LogP contribution in [0, 0.1) is 11.8 Å². The SMILES string of the molecule is CC(C)(C)c1ccc(-c2ccc(-c3ccc(N(C4=CC5=C(CC4)C(C)(C)c4cc6ccccc6cc45)c4ccc5ccccc5c4C4=c5c(oc6ccccc56)=CC#CC4)c(-c4ccccc4)c3)cc2)cc1. The maximum absolute atomic E-state index is 6.64. The van der Waals surface area contributed by atoms with E-state index >= 15 is 0 Å². The lowest BCUT2D eigenvalue weighted by Crippen LogP contribution is -2.26. The molecule has 72 heavy (non-hydrogen) atoms. The molecule has 346 valence electrons. The fraction of sp³-hybridized carbons (Fsp3) is 0.143. The summed E-state index contributed by atoms with van der Waals surface area (Å²) in [5.41, 5.74) is 21.7. The first kappa shape index (κ1) is 43.6. The van der Waals surface area contributed by atoms with E-state index in [9.17, 15) is 0 Å². The van der Waals surface area contributed by atoms with E-state index in [4.69, 9.17) is 4.42 Å². The molecule has 0 fully saturated rings. The highest BCUT2D eigenvalue weighted by atomic mass is 16.3. The van der Waals surface area contributed by atoms with Gasteiger partial charge in [-0.3, -0.25) is 0 Å². The summed E-state index contributed by atoms with van der Waals surface area (Å²) in [6.45, 7) is 11.7. The second-order valence-corrected chi connectivity index (χ2v) is 21.4. The van der Waals surface area contributed by atoms with Crippen LogP contribution in [0.2, 0.25) is 0 Å². The molecule has 10 aromatic rings. The molecule has 1 heterocycles. The number of rotatable bonds is 7. The normalized spacial score (nSPS) is 14.8. The molecule has 0 atom stereocenters. The van der Waals surface area contributed by atoms with Gasteiger partial charge in [0, 0.05) is 45.3 Å². The van der Waals surface area contributed by atoms with E-state index < -0.39 is 0 Å². The van der Waals surface area contributed by atoms with Gasteiger partial charge in [0.05, 0.1) is 11.4 Å². The smallest absolute Gasteiger partial charge is 0.144 e. The molecular formula is C70H55NO. The number of allylic oxidation sites excluding steroid dienone is 4. The Bertz CT molecular complexity index is 4100. The van der Waals surface area contributed by atoms with Gasteiger partial charge in [-0.2, -0.15) is 0 Å². The van der Waals surface area contributed by atoms with Crippen LogP contribution < -0.4 is 15.5 Å². The number of fused-ring (bicyclic) bond motifs is 7. The van der Waals surface area contributed by atoms with Crippen molar-refractivity contribution >= 4 is 61.1 Å². The van der Waals surface area contributed by atoms with Crippen molar-refractivity contribution in [3.8, 4) is 45.2 Å². The molecule has 0 spiro atoms. The molecule has 0 amide bonds. The van der Waals surface area contributed by atoms with E-state index in [-0.39, 0.29) is 10.8 Å². The number of anilines is 2. The van der Waals surface area contributed by atoms with Crippen LogP contribution in [0.3, 0.4) is 0 Å². The summed E-state index contributed by atoms with van der Waals surface area (Å²) in [6.07, 6.45) is 6.91. The Balaban J connectivity index is 1.06. The van der Waals surface area contributed by atoms with Crippen LogP contribution in [-0.4, -0.2) is 0 Å². The topological polar surface area (TPSA) is 16.4 Å². The Labute approximate surface area is 422 Å². The van der Waals surface area contributed by atoms with Gasteiger partial charge in [-0.05, 0) is 138 Å². The molecule has 0 saturated carbocycles. The van der Waals surface area contributed by atoms with E-state index in [1.54, 1.807) is 0 Å². The van der Waals surface area contributed by atoms with Crippen molar-refractivity contribution in [1.29, 1.82) is 0 Å². The Morgan fingerprint density at radius 2 is 1.17 bits per heavy atom. The monoisotopic (exact) mass is 925 g/mol. The van der Waals surface area contributed by atoms with Crippen LogP contribution in [-0.2, 0) is 10.8 Å². The molecule has 0 radical (unpaired) electrons. The van der Waals surface area contributed by atoms with Gasteiger partial charge in [0.1, 0.15) is 11.0 Å². The summed E-state index contributed by atoms with van der Waals surface area (Å²) < 4.78 is 6.64. The Hall–Kier alpha value is -8.38. The Kier molecular flexibility index (Phi) is 10.2. The number of hydrogen-bond acceptors (Lipinski definition) is 2. The minimum absolute atomic E-state index is 0.0952. The summed E-state index contributed by atoms with van der Waals surface area (Å²) in [5, 5.41) is 7.15. The zero-order chi connectivity index (χ0) is 48.7. The van der Waals surface area contributed by atoms with Gasteiger partial charge in [-0.1, -0.05) is 210 Å². The average Bonchev–Trinajstić information content (AvgIpc) is 3.79. The lowest BCUT2D eigenvalue weighted by Gasteiger charge is -2.35. The lowest BCUT2D eigenvalue weighted by atomic mass is 9.78. The summed E-state index contributed by atoms with van der Waals surface area (Å²) in [7, 11) is 0. The van der Waals surface area contributed by atoms with E-state index in [1.165, 1.54) is 94.0 Å². The van der Waals surface area contributed by atoms with Gasteiger partial charge in [0.25, 0.3) is 0 Å². The minimum Gasteiger partial charge on any atom is -0.455 e. The van der Waals surface area contributed by atoms with Gasteiger partial charge in [-0.15, -0.1) is 0 Å². The number of benzene rings is 9. The third kappa shape index (κ3) is 7.26. The first-order chi connectivity index (χ1) is 35.1. The van der Waals surface area contributed by atoms with Crippen molar-refractivity contribution in [2.75, 3.05) is 4.90 Å². The van der Waals surface area contributed by atoms with E-state index in [1.807, 2.05) is 6.08 Å². The molecule has 9 aromatic carbocycles. The number of nitrogens with zero attached hydrogens (tertiary/aromatic N) is 1. The van der Waals surface area contributed by atoms with Crippen LogP contribution in [0.5, 0.6) is 0 Å². The summed E-state index contributed by atoms with van der Waals surface area (Å²) in [4.78, 5) is 2.62. The van der Waals surface area contributed by atoms with Crippen LogP contribution in [0.1, 0.15) is 76.1 Å². The number of furan rings is 1. The standard InChI is InChI=1S/C70H55NO/c1-69(2,3)53-35-31-46(32-36-53)45-27-29-47(30-28-45)52-34-39-63(58(41-52)48-17-7-6-8-18-48)71(54-37-38-61-60(44-54)59-42-50-20-9-10-21-51(50)43-62(59)70(61,4)5)64-40-33-49-19-11-12-22-55(49)67(64)57-24-14-16-26-66-68(57)56-23-13-15-25-65(56)72-66/h6-13,15,17-23,25-36,39-44H,24,37-38H2,1-5H3. The van der Waals surface area contributed by atoms with Gasteiger partial charge in [0.2, 0.25) is 0 Å². The van der Waals surface area contributed by atoms with E-state index in [2.05, 4.69) is 252 Å². The zero-order valence-corrected chi connectivity index (χ0v) is 41.6. The second kappa shape index (κ2) is 16.9. The first-order valence-electron chi connectivity index (χ1n) is 25.5. The molecule has 0 unspecified atom stereocenters. The fourth-order valence-electron chi connectivity index (χ4n) is 11.9. The molecular weight excluding hydrogens is 871 g/mol. The quantitative estimate of drug-likeness (QED) is 0.148. The fourth-order valence-corrected chi connectivity index (χ4v) is 11.9. The maximum Gasteiger partial charge on any atom is 0.144 e. The molecule has 2 heteroatoms. The molecule has 13 rings (SSSR count). The predicted octanol–water partition coefficient (Wildman–Crippen LogP) is 17.0. The summed E-state index contributed by atoms with van der Waals surface area (Å²) >= 11 is 0. The van der Waals surface area contributed by atoms with Crippen LogP contribution in [0.15, 0.2) is 216 Å². The third-order valence-corrected chi connectivity index (χ3v) is 15.7. The largest absolute Gasteiger partial charge is 0.455 e. The highest BCUT2D eigenvalue weighted by molar-refractivity contribution is 6.04. The van der Waals surface area contributed by atoms with Crippen LogP contribution in [0.25, 0.3) is 83.1 Å². The molecule has 0 bridgehead atoms. The van der Waals surface area contributed by atoms with Crippen molar-refractivity contribution in [1.82, 2.24) is 0 Å². The van der Waals surface area contributed by atoms with Crippen LogP contribution in [0.4, 0.5) is 11.4 Å². The second-order valence-electron chi connectivity index (χ2n) is 21.4. The van der Waals surface area contributed by atoms with Crippen molar-refractivity contribution < 1.29 is 4.42 Å². The molecule has 3 aliphatic carbocycles. The maximum atomic E-state index is 6.64. The zero-order valence-electron chi connectivity index (χ0n) is 41.6. The molecule has 0 saturated heterocycles. The predicted molar refractivity (Wildman–Crippen MR) is 304 cm³/mol. The molecule has 0 aliphatic heterocycles. The van der Waals surface area contributed by atoms with Gasteiger partial charge >= 0.3 is 0 Å². The van der Waals surface area contributed by atoms with Crippen molar-refractivity contribution in [2.45, 2.75) is 64.7 Å². The first-order valence-corrected chi connectivity index (χ1v) is 25.5. The molecule has 0 N–H and O–H groups in total. The van der Waals surface area contributed by atoms with Gasteiger partial charge < -0.3 is 9.32 Å². The van der Waals surface area contributed by atoms with Crippen LogP contribution >= 0.6 is 0 Å². The summed E-state index contributed by atoms with van der Waals surface area (Å²) in [5.74, 6) is 6.91. The van der Waals surface area contributed by atoms with E-state index in [0.717, 1.165) is 51.4 Å². The van der Waals surface area contributed by atoms with Gasteiger partial charge in [0.15, 0.2) is 0 Å². The molecule has 1 aromatic heterocycles. The number of hydrogen-bond donors (Lipinski definition) is 0.